The molecule has 1 unspecified atom stereocenters. The lowest BCUT2D eigenvalue weighted by Gasteiger charge is -2.37. The number of carbonyl (C=O) groups excluding carboxylic acids is 1. The van der Waals surface area contributed by atoms with Gasteiger partial charge in [-0.2, -0.15) is 0 Å². The van der Waals surface area contributed by atoms with E-state index in [4.69, 9.17) is 11.6 Å². The zero-order valence-corrected chi connectivity index (χ0v) is 11.4. The molecule has 1 amide bonds. The predicted octanol–water partition coefficient (Wildman–Crippen LogP) is 2.51. The van der Waals surface area contributed by atoms with Crippen LogP contribution in [0.25, 0.3) is 0 Å². The maximum absolute atomic E-state index is 11.6. The summed E-state index contributed by atoms with van der Waals surface area (Å²) in [5, 5.41) is 9.93. The normalized spacial score (nSPS) is 13.8. The van der Waals surface area contributed by atoms with Gasteiger partial charge >= 0.3 is 5.97 Å². The van der Waals surface area contributed by atoms with E-state index < -0.39 is 11.5 Å². The molecule has 0 aromatic heterocycles. The van der Waals surface area contributed by atoms with Gasteiger partial charge in [0.2, 0.25) is 5.91 Å². The van der Waals surface area contributed by atoms with E-state index >= 15 is 0 Å². The second-order valence-corrected chi connectivity index (χ2v) is 4.59. The molecule has 0 saturated heterocycles. The Bertz CT molecular complexity index is 475. The molecule has 0 heterocycles. The molecule has 0 radical (unpaired) electrons. The van der Waals surface area contributed by atoms with Gasteiger partial charge in [-0.1, -0.05) is 23.7 Å². The molecule has 1 atom stereocenters. The number of benzene rings is 1. The highest BCUT2D eigenvalue weighted by Gasteiger charge is 2.42. The second kappa shape index (κ2) is 5.40. The Morgan fingerprint density at radius 3 is 2.44 bits per heavy atom. The van der Waals surface area contributed by atoms with E-state index in [-0.39, 0.29) is 5.91 Å². The number of hydrogen-bond donors (Lipinski definition) is 1. The number of nitrogens with zero attached hydrogens (tertiary/aromatic N) is 1. The standard InChI is InChI=1S/C13H16ClNO3/c1-4-15(9(2)16)13(3,12(17)18)10-6-5-7-11(14)8-10/h5-8H,4H2,1-3H3,(H,17,18). The van der Waals surface area contributed by atoms with E-state index in [0.717, 1.165) is 0 Å². The molecule has 0 aliphatic heterocycles. The fraction of sp³-hybridized carbons (Fsp3) is 0.385. The summed E-state index contributed by atoms with van der Waals surface area (Å²) in [5.74, 6) is -1.37. The predicted molar refractivity (Wildman–Crippen MR) is 69.5 cm³/mol. The molecule has 5 heteroatoms. The number of carbonyl (C=O) groups is 2. The van der Waals surface area contributed by atoms with Gasteiger partial charge in [-0.3, -0.25) is 4.79 Å². The molecule has 4 nitrogen and oxygen atoms in total. The minimum absolute atomic E-state index is 0.289. The number of carboxylic acid groups (broad SMARTS) is 1. The van der Waals surface area contributed by atoms with Gasteiger partial charge in [-0.05, 0) is 31.5 Å². The molecule has 1 N–H and O–H groups in total. The lowest BCUT2D eigenvalue weighted by atomic mass is 9.90. The first-order valence-electron chi connectivity index (χ1n) is 5.61. The molecule has 0 fully saturated rings. The largest absolute Gasteiger partial charge is 0.479 e. The van der Waals surface area contributed by atoms with Crippen molar-refractivity contribution in [3.63, 3.8) is 0 Å². The van der Waals surface area contributed by atoms with Crippen molar-refractivity contribution in [3.05, 3.63) is 34.9 Å². The Labute approximate surface area is 111 Å². The molecule has 1 rings (SSSR count). The summed E-state index contributed by atoms with van der Waals surface area (Å²) in [6.45, 7) is 4.92. The molecule has 0 spiro atoms. The highest BCUT2D eigenvalue weighted by Crippen LogP contribution is 2.30. The zero-order chi connectivity index (χ0) is 13.9. The van der Waals surface area contributed by atoms with Gasteiger partial charge in [0.05, 0.1) is 0 Å². The summed E-state index contributed by atoms with van der Waals surface area (Å²) < 4.78 is 0. The average Bonchev–Trinajstić information content (AvgIpc) is 2.28. The third-order valence-corrected chi connectivity index (χ3v) is 3.27. The first-order chi connectivity index (χ1) is 8.33. The maximum atomic E-state index is 11.6. The van der Waals surface area contributed by atoms with Crippen molar-refractivity contribution in [2.75, 3.05) is 6.54 Å². The van der Waals surface area contributed by atoms with E-state index in [9.17, 15) is 14.7 Å². The molecular weight excluding hydrogens is 254 g/mol. The molecule has 0 saturated carbocycles. The van der Waals surface area contributed by atoms with E-state index in [1.54, 1.807) is 31.2 Å². The van der Waals surface area contributed by atoms with Crippen molar-refractivity contribution in [2.24, 2.45) is 0 Å². The van der Waals surface area contributed by atoms with E-state index in [0.29, 0.717) is 17.1 Å². The molecule has 0 aliphatic carbocycles. The van der Waals surface area contributed by atoms with Gasteiger partial charge < -0.3 is 10.0 Å². The topological polar surface area (TPSA) is 57.6 Å². The average molecular weight is 270 g/mol. The summed E-state index contributed by atoms with van der Waals surface area (Å²) >= 11 is 5.89. The molecule has 18 heavy (non-hydrogen) atoms. The Balaban J connectivity index is 3.40. The summed E-state index contributed by atoms with van der Waals surface area (Å²) in [7, 11) is 0. The van der Waals surface area contributed by atoms with E-state index in [2.05, 4.69) is 0 Å². The zero-order valence-electron chi connectivity index (χ0n) is 10.6. The highest BCUT2D eigenvalue weighted by molar-refractivity contribution is 6.30. The summed E-state index contributed by atoms with van der Waals surface area (Å²) in [6, 6.07) is 6.57. The lowest BCUT2D eigenvalue weighted by molar-refractivity contribution is -0.158. The molecular formula is C13H16ClNO3. The van der Waals surface area contributed by atoms with Gasteiger partial charge in [0, 0.05) is 18.5 Å². The first kappa shape index (κ1) is 14.5. The Morgan fingerprint density at radius 1 is 1.44 bits per heavy atom. The van der Waals surface area contributed by atoms with Crippen LogP contribution in [0.4, 0.5) is 0 Å². The van der Waals surface area contributed by atoms with Crippen molar-refractivity contribution in [1.29, 1.82) is 0 Å². The SMILES string of the molecule is CCN(C(C)=O)C(C)(C(=O)O)c1cccc(Cl)c1. The summed E-state index contributed by atoms with van der Waals surface area (Å²) in [4.78, 5) is 24.5. The molecule has 1 aromatic rings. The molecule has 1 aromatic carbocycles. The van der Waals surface area contributed by atoms with Crippen LogP contribution in [0.1, 0.15) is 26.3 Å². The first-order valence-corrected chi connectivity index (χ1v) is 5.99. The molecule has 98 valence electrons. The van der Waals surface area contributed by atoms with Crippen LogP contribution in [-0.4, -0.2) is 28.4 Å². The van der Waals surface area contributed by atoms with Crippen molar-refractivity contribution in [2.45, 2.75) is 26.3 Å². The van der Waals surface area contributed by atoms with Crippen molar-refractivity contribution in [1.82, 2.24) is 4.90 Å². The maximum Gasteiger partial charge on any atom is 0.334 e. The van der Waals surface area contributed by atoms with Crippen molar-refractivity contribution >= 4 is 23.5 Å². The quantitative estimate of drug-likeness (QED) is 0.914. The van der Waals surface area contributed by atoms with Crippen molar-refractivity contribution in [3.8, 4) is 0 Å². The van der Waals surface area contributed by atoms with Gasteiger partial charge in [-0.25, -0.2) is 4.79 Å². The fourth-order valence-corrected chi connectivity index (χ4v) is 2.23. The van der Waals surface area contributed by atoms with Crippen LogP contribution in [0.5, 0.6) is 0 Å². The van der Waals surface area contributed by atoms with Crippen molar-refractivity contribution < 1.29 is 14.7 Å². The second-order valence-electron chi connectivity index (χ2n) is 4.15. The number of aliphatic carboxylic acids is 1. The number of carboxylic acids is 1. The van der Waals surface area contributed by atoms with Gasteiger partial charge in [-0.15, -0.1) is 0 Å². The van der Waals surface area contributed by atoms with Crippen LogP contribution >= 0.6 is 11.6 Å². The summed E-state index contributed by atoms with van der Waals surface area (Å²) in [6.07, 6.45) is 0. The van der Waals surface area contributed by atoms with Crippen LogP contribution in [0.3, 0.4) is 0 Å². The lowest BCUT2D eigenvalue weighted by Crippen LogP contribution is -2.51. The van der Waals surface area contributed by atoms with E-state index in [1.807, 2.05) is 0 Å². The highest BCUT2D eigenvalue weighted by atomic mass is 35.5. The molecule has 0 bridgehead atoms. The van der Waals surface area contributed by atoms with Gasteiger partial charge in [0.15, 0.2) is 5.54 Å². The Kier molecular flexibility index (Phi) is 4.35. The molecule has 0 aliphatic rings. The van der Waals surface area contributed by atoms with Crippen LogP contribution in [0, 0.1) is 0 Å². The van der Waals surface area contributed by atoms with Crippen LogP contribution in [0.2, 0.25) is 5.02 Å². The van der Waals surface area contributed by atoms with Gasteiger partial charge in [0.25, 0.3) is 0 Å². The minimum atomic E-state index is -1.41. The smallest absolute Gasteiger partial charge is 0.334 e. The number of amides is 1. The Morgan fingerprint density at radius 2 is 2.06 bits per heavy atom. The Hall–Kier alpha value is -1.55. The van der Waals surface area contributed by atoms with E-state index in [1.165, 1.54) is 18.7 Å². The van der Waals surface area contributed by atoms with Crippen LogP contribution in [-0.2, 0) is 15.1 Å². The van der Waals surface area contributed by atoms with Crippen LogP contribution < -0.4 is 0 Å². The minimum Gasteiger partial charge on any atom is -0.479 e. The third-order valence-electron chi connectivity index (χ3n) is 3.04. The summed E-state index contributed by atoms with van der Waals surface area (Å²) in [5.41, 5.74) is -0.926. The number of halogens is 1. The third kappa shape index (κ3) is 2.48. The van der Waals surface area contributed by atoms with Crippen LogP contribution in [0.15, 0.2) is 24.3 Å². The monoisotopic (exact) mass is 269 g/mol. The fourth-order valence-electron chi connectivity index (χ4n) is 2.04. The number of likely N-dealkylation sites (N-methyl/N-ethyl adjacent to an activating group) is 1. The number of rotatable bonds is 4. The van der Waals surface area contributed by atoms with Gasteiger partial charge in [0.1, 0.15) is 0 Å². The number of hydrogen-bond acceptors (Lipinski definition) is 2.